The number of carbonyl (C=O) groups is 3. The average Bonchev–Trinajstić information content (AvgIpc) is 3.37. The predicted molar refractivity (Wildman–Crippen MR) is 161 cm³/mol. The molecule has 0 spiro atoms. The van der Waals surface area contributed by atoms with Crippen LogP contribution in [0.3, 0.4) is 0 Å². The highest BCUT2D eigenvalue weighted by molar-refractivity contribution is 14.1. The van der Waals surface area contributed by atoms with Gasteiger partial charge in [-0.3, -0.25) is 33.0 Å². The molecular formula is C29H26ClF2IN6O3. The lowest BCUT2D eigenvalue weighted by Gasteiger charge is -2.36. The molecule has 2 heterocycles. The van der Waals surface area contributed by atoms with Crippen molar-refractivity contribution >= 4 is 63.5 Å². The second kappa shape index (κ2) is 14.5. The van der Waals surface area contributed by atoms with E-state index in [1.54, 1.807) is 42.5 Å². The lowest BCUT2D eigenvalue weighted by atomic mass is 10.00. The highest BCUT2D eigenvalue weighted by Crippen LogP contribution is 2.36. The highest BCUT2D eigenvalue weighted by atomic mass is 127. The van der Waals surface area contributed by atoms with Crippen molar-refractivity contribution < 1.29 is 23.2 Å². The molecule has 0 unspecified atom stereocenters. The van der Waals surface area contributed by atoms with Crippen LogP contribution in [0.15, 0.2) is 60.8 Å². The molecule has 2 atom stereocenters. The zero-order chi connectivity index (χ0) is 30.2. The number of amides is 3. The normalized spacial score (nSPS) is 15.4. The molecule has 3 amide bonds. The number of benzene rings is 2. The first-order chi connectivity index (χ1) is 20.3. The third-order valence-corrected chi connectivity index (χ3v) is 7.78. The first-order valence-corrected chi connectivity index (χ1v) is 14.5. The fraction of sp³-hybridized carbons (Fsp3) is 0.310. The highest BCUT2D eigenvalue weighted by Gasteiger charge is 2.45. The standard InChI is InChI=1S/C29H26ClF2IN6O3/c30-23-7-2-1-6-22(23)26(27(41)36-19(10-13-31)11-14-32)38(21-5-3-4-18(33)16-21)28(42)24-8-9-25(40)39(24)29-35-15-12-20(17-34)37-29/h1-7,12,15-16,19,24,26H,8-11,13-14H2,(H,36,41)/t24-,26-/m0/s1. The summed E-state index contributed by atoms with van der Waals surface area (Å²) in [6, 6.07) is 13.3. The Morgan fingerprint density at radius 1 is 1.17 bits per heavy atom. The maximum absolute atomic E-state index is 14.6. The lowest BCUT2D eigenvalue weighted by Crippen LogP contribution is -2.53. The fourth-order valence-electron chi connectivity index (χ4n) is 4.81. The van der Waals surface area contributed by atoms with E-state index in [0.29, 0.717) is 5.69 Å². The molecule has 0 saturated carbocycles. The van der Waals surface area contributed by atoms with Gasteiger partial charge in [0.2, 0.25) is 17.8 Å². The van der Waals surface area contributed by atoms with Gasteiger partial charge < -0.3 is 5.32 Å². The maximum Gasteiger partial charge on any atom is 0.251 e. The van der Waals surface area contributed by atoms with Gasteiger partial charge in [-0.1, -0.05) is 35.9 Å². The Morgan fingerprint density at radius 3 is 2.57 bits per heavy atom. The summed E-state index contributed by atoms with van der Waals surface area (Å²) in [6.45, 7) is -1.55. The summed E-state index contributed by atoms with van der Waals surface area (Å²) in [6.07, 6.45) is 1.20. The number of hydrogen-bond donors (Lipinski definition) is 1. The van der Waals surface area contributed by atoms with Crippen LogP contribution in [0.1, 0.15) is 43.0 Å². The summed E-state index contributed by atoms with van der Waals surface area (Å²) in [7, 11) is 0. The topological polar surface area (TPSA) is 119 Å². The molecule has 2 aromatic carbocycles. The number of rotatable bonds is 11. The molecule has 1 aromatic heterocycles. The van der Waals surface area contributed by atoms with Crippen molar-refractivity contribution in [3.05, 3.63) is 80.6 Å². The number of carbonyl (C=O) groups excluding carboxylic acids is 3. The number of nitrogens with one attached hydrogen (secondary N) is 1. The molecule has 4 rings (SSSR count). The van der Waals surface area contributed by atoms with Crippen LogP contribution >= 0.6 is 34.2 Å². The smallest absolute Gasteiger partial charge is 0.251 e. The Hall–Kier alpha value is -3.70. The van der Waals surface area contributed by atoms with E-state index in [0.717, 1.165) is 8.47 Å². The number of halogens is 4. The van der Waals surface area contributed by atoms with Gasteiger partial charge in [0.05, 0.1) is 13.3 Å². The maximum atomic E-state index is 14.6. The van der Waals surface area contributed by atoms with Crippen molar-refractivity contribution in [1.82, 2.24) is 15.3 Å². The molecule has 42 heavy (non-hydrogen) atoms. The van der Waals surface area contributed by atoms with Gasteiger partial charge >= 0.3 is 0 Å². The predicted octanol–water partition coefficient (Wildman–Crippen LogP) is 5.08. The minimum atomic E-state index is -1.37. The van der Waals surface area contributed by atoms with E-state index >= 15 is 0 Å². The molecular weight excluding hydrogens is 681 g/mol. The Morgan fingerprint density at radius 2 is 1.90 bits per heavy atom. The first kappa shape index (κ1) is 31.2. The average molecular weight is 707 g/mol. The van der Waals surface area contributed by atoms with Crippen molar-refractivity contribution in [1.29, 1.82) is 5.26 Å². The van der Waals surface area contributed by atoms with E-state index in [4.69, 9.17) is 11.6 Å². The van der Waals surface area contributed by atoms with E-state index in [2.05, 4.69) is 37.9 Å². The number of anilines is 2. The zero-order valence-corrected chi connectivity index (χ0v) is 25.1. The molecule has 13 heteroatoms. The molecule has 0 radical (unpaired) electrons. The fourth-order valence-corrected chi connectivity index (χ4v) is 5.58. The van der Waals surface area contributed by atoms with Crippen LogP contribution in [-0.4, -0.2) is 53.1 Å². The number of hydrogen-bond acceptors (Lipinski definition) is 6. The summed E-state index contributed by atoms with van der Waals surface area (Å²) in [4.78, 5) is 52.3. The largest absolute Gasteiger partial charge is 0.351 e. The number of aromatic nitrogens is 2. The van der Waals surface area contributed by atoms with Crippen molar-refractivity contribution in [3.63, 3.8) is 0 Å². The third-order valence-electron chi connectivity index (χ3n) is 6.76. The van der Waals surface area contributed by atoms with Crippen molar-refractivity contribution in [2.24, 2.45) is 0 Å². The van der Waals surface area contributed by atoms with Crippen LogP contribution in [-0.2, 0) is 14.4 Å². The number of nitriles is 1. The second-order valence-electron chi connectivity index (χ2n) is 9.44. The van der Waals surface area contributed by atoms with E-state index in [-0.39, 0.29) is 47.9 Å². The number of alkyl halides is 2. The monoisotopic (exact) mass is 706 g/mol. The Kier molecular flexibility index (Phi) is 10.8. The van der Waals surface area contributed by atoms with Crippen LogP contribution < -0.4 is 15.1 Å². The summed E-state index contributed by atoms with van der Waals surface area (Å²) >= 11 is 8.65. The lowest BCUT2D eigenvalue weighted by molar-refractivity contribution is -0.127. The van der Waals surface area contributed by atoms with Gasteiger partial charge in [-0.2, -0.15) is 5.26 Å². The van der Waals surface area contributed by atoms with E-state index in [1.165, 1.54) is 17.2 Å². The second-order valence-corrected chi connectivity index (χ2v) is 11.1. The van der Waals surface area contributed by atoms with E-state index in [9.17, 15) is 28.4 Å². The third kappa shape index (κ3) is 7.01. The molecule has 1 N–H and O–H groups in total. The molecule has 218 valence electrons. The molecule has 1 aliphatic rings. The van der Waals surface area contributed by atoms with E-state index < -0.39 is 49.2 Å². The zero-order valence-electron chi connectivity index (χ0n) is 22.2. The molecule has 0 aliphatic carbocycles. The van der Waals surface area contributed by atoms with Crippen LogP contribution in [0.4, 0.5) is 20.4 Å². The first-order valence-electron chi connectivity index (χ1n) is 13.1. The van der Waals surface area contributed by atoms with Crippen LogP contribution in [0.2, 0.25) is 5.02 Å². The van der Waals surface area contributed by atoms with Gasteiger partial charge in [-0.15, -0.1) is 0 Å². The van der Waals surface area contributed by atoms with Crippen LogP contribution in [0.5, 0.6) is 0 Å². The van der Waals surface area contributed by atoms with Crippen molar-refractivity contribution in [2.75, 3.05) is 23.1 Å². The quantitative estimate of drug-likeness (QED) is 0.278. The Balaban J connectivity index is 1.86. The van der Waals surface area contributed by atoms with Crippen LogP contribution in [0.25, 0.3) is 0 Å². The minimum Gasteiger partial charge on any atom is -0.351 e. The summed E-state index contributed by atoms with van der Waals surface area (Å²) in [5.41, 5.74) is 0.632. The van der Waals surface area contributed by atoms with Crippen molar-refractivity contribution in [3.8, 4) is 6.07 Å². The molecule has 1 fully saturated rings. The van der Waals surface area contributed by atoms with Gasteiger partial charge in [0.1, 0.15) is 23.8 Å². The minimum absolute atomic E-state index is 0.00867. The number of nitrogens with zero attached hydrogens (tertiary/aromatic N) is 5. The van der Waals surface area contributed by atoms with Gasteiger partial charge in [-0.25, -0.2) is 9.97 Å². The van der Waals surface area contributed by atoms with E-state index in [1.807, 2.05) is 12.1 Å². The summed E-state index contributed by atoms with van der Waals surface area (Å²) in [5, 5.41) is 12.2. The Labute approximate surface area is 260 Å². The van der Waals surface area contributed by atoms with Gasteiger partial charge in [0.15, 0.2) is 0 Å². The molecule has 1 saturated heterocycles. The van der Waals surface area contributed by atoms with Crippen LogP contribution in [0, 0.1) is 14.9 Å². The SMILES string of the molecule is N#Cc1ccnc(N2C(=O)CC[C@H]2C(=O)N(c2cccc(I)c2)[C@H](C(=O)NC(CCF)CCF)c2ccccc2Cl)n1. The van der Waals surface area contributed by atoms with Gasteiger partial charge in [0, 0.05) is 38.5 Å². The molecule has 1 aliphatic heterocycles. The Bertz CT molecular complexity index is 1500. The van der Waals surface area contributed by atoms with Crippen molar-refractivity contribution in [2.45, 2.75) is 43.8 Å². The summed E-state index contributed by atoms with van der Waals surface area (Å²) in [5.74, 6) is -1.85. The van der Waals surface area contributed by atoms with Gasteiger partial charge in [0.25, 0.3) is 5.91 Å². The van der Waals surface area contributed by atoms with Gasteiger partial charge in [-0.05, 0) is 72.2 Å². The summed E-state index contributed by atoms with van der Waals surface area (Å²) < 4.78 is 27.3. The molecule has 0 bridgehead atoms. The molecule has 9 nitrogen and oxygen atoms in total. The molecule has 3 aromatic rings.